The van der Waals surface area contributed by atoms with Gasteiger partial charge in [0.15, 0.2) is 5.69 Å². The molecule has 0 bridgehead atoms. The largest absolute Gasteiger partial charge is 0.435 e. The first kappa shape index (κ1) is 13.1. The summed E-state index contributed by atoms with van der Waals surface area (Å²) in [4.78, 5) is 0. The van der Waals surface area contributed by atoms with Gasteiger partial charge < -0.3 is 5.73 Å². The Hall–Kier alpha value is -1.01. The fourth-order valence-corrected chi connectivity index (χ4v) is 1.32. The summed E-state index contributed by atoms with van der Waals surface area (Å²) in [7, 11) is 1.35. The first-order valence-corrected chi connectivity index (χ1v) is 4.84. The molecule has 0 aliphatic heterocycles. The van der Waals surface area contributed by atoms with E-state index in [1.54, 1.807) is 6.92 Å². The molecule has 0 aliphatic rings. The minimum atomic E-state index is -4.53. The molecule has 1 aromatic rings. The summed E-state index contributed by atoms with van der Waals surface area (Å²) in [5.74, 6) is 0. The molecule has 3 nitrogen and oxygen atoms in total. The van der Waals surface area contributed by atoms with Gasteiger partial charge in [0, 0.05) is 18.7 Å². The zero-order valence-electron chi connectivity index (χ0n) is 8.72. The van der Waals surface area contributed by atoms with Crippen LogP contribution >= 0.6 is 11.6 Å². The van der Waals surface area contributed by atoms with E-state index in [1.165, 1.54) is 19.2 Å². The quantitative estimate of drug-likeness (QED) is 0.880. The maximum atomic E-state index is 12.6. The van der Waals surface area contributed by atoms with Gasteiger partial charge in [0.2, 0.25) is 0 Å². The summed E-state index contributed by atoms with van der Waals surface area (Å²) in [5.41, 5.74) is 4.26. The van der Waals surface area contributed by atoms with Crippen LogP contribution in [0.5, 0.6) is 0 Å². The highest BCUT2D eigenvalue weighted by Crippen LogP contribution is 2.34. The molecular formula is C9H11ClF3N3. The monoisotopic (exact) mass is 253 g/mol. The SMILES string of the molecule is CC(N)/C=C/c1c(C(F)(F)F)nn(C)c1Cl. The zero-order chi connectivity index (χ0) is 12.5. The van der Waals surface area contributed by atoms with Gasteiger partial charge in [-0.3, -0.25) is 4.68 Å². The van der Waals surface area contributed by atoms with E-state index in [9.17, 15) is 13.2 Å². The lowest BCUT2D eigenvalue weighted by atomic mass is 10.2. The number of rotatable bonds is 2. The smallest absolute Gasteiger partial charge is 0.325 e. The fourth-order valence-electron chi connectivity index (χ4n) is 1.12. The molecule has 90 valence electrons. The summed E-state index contributed by atoms with van der Waals surface area (Å²) in [6.45, 7) is 1.65. The average Bonchev–Trinajstić information content (AvgIpc) is 2.40. The van der Waals surface area contributed by atoms with E-state index in [2.05, 4.69) is 5.10 Å². The van der Waals surface area contributed by atoms with E-state index in [1.807, 2.05) is 0 Å². The minimum Gasteiger partial charge on any atom is -0.325 e. The number of aryl methyl sites for hydroxylation is 1. The van der Waals surface area contributed by atoms with Crippen LogP contribution in [0.3, 0.4) is 0 Å². The van der Waals surface area contributed by atoms with E-state index in [4.69, 9.17) is 17.3 Å². The van der Waals surface area contributed by atoms with Crippen LogP contribution < -0.4 is 5.73 Å². The van der Waals surface area contributed by atoms with Crippen LogP contribution in [-0.2, 0) is 13.2 Å². The number of nitrogens with zero attached hydrogens (tertiary/aromatic N) is 2. The second-order valence-electron chi connectivity index (χ2n) is 3.39. The Labute approximate surface area is 95.7 Å². The third kappa shape index (κ3) is 2.76. The van der Waals surface area contributed by atoms with Crippen molar-refractivity contribution in [2.75, 3.05) is 0 Å². The van der Waals surface area contributed by atoms with Gasteiger partial charge >= 0.3 is 6.18 Å². The lowest BCUT2D eigenvalue weighted by Crippen LogP contribution is -2.11. The summed E-state index contributed by atoms with van der Waals surface area (Å²) in [5, 5.41) is 3.26. The molecule has 0 fully saturated rings. The molecule has 7 heteroatoms. The van der Waals surface area contributed by atoms with Gasteiger partial charge in [0.05, 0.1) is 0 Å². The summed E-state index contributed by atoms with van der Waals surface area (Å²) in [6.07, 6.45) is -1.86. The lowest BCUT2D eigenvalue weighted by molar-refractivity contribution is -0.141. The number of aromatic nitrogens is 2. The van der Waals surface area contributed by atoms with Crippen molar-refractivity contribution < 1.29 is 13.2 Å². The highest BCUT2D eigenvalue weighted by Gasteiger charge is 2.37. The topological polar surface area (TPSA) is 43.8 Å². The van der Waals surface area contributed by atoms with Crippen LogP contribution in [-0.4, -0.2) is 15.8 Å². The van der Waals surface area contributed by atoms with Crippen molar-refractivity contribution in [1.29, 1.82) is 0 Å². The molecule has 0 radical (unpaired) electrons. The van der Waals surface area contributed by atoms with E-state index in [0.29, 0.717) is 0 Å². The molecule has 1 atom stereocenters. The Kier molecular flexibility index (Phi) is 3.64. The van der Waals surface area contributed by atoms with Gasteiger partial charge in [-0.2, -0.15) is 18.3 Å². The molecule has 0 spiro atoms. The average molecular weight is 254 g/mol. The third-order valence-corrected chi connectivity index (χ3v) is 2.29. The van der Waals surface area contributed by atoms with Gasteiger partial charge in [-0.05, 0) is 6.92 Å². The van der Waals surface area contributed by atoms with E-state index < -0.39 is 11.9 Å². The van der Waals surface area contributed by atoms with Crippen molar-refractivity contribution in [3.05, 3.63) is 22.5 Å². The van der Waals surface area contributed by atoms with Crippen molar-refractivity contribution >= 4 is 17.7 Å². The van der Waals surface area contributed by atoms with Gasteiger partial charge in [-0.25, -0.2) is 0 Å². The van der Waals surface area contributed by atoms with Crippen LogP contribution in [0.4, 0.5) is 13.2 Å². The van der Waals surface area contributed by atoms with Crippen molar-refractivity contribution in [2.24, 2.45) is 12.8 Å². The predicted molar refractivity (Wildman–Crippen MR) is 55.9 cm³/mol. The molecular weight excluding hydrogens is 243 g/mol. The minimum absolute atomic E-state index is 0.0655. The number of halogens is 4. The Morgan fingerprint density at radius 3 is 2.50 bits per heavy atom. The van der Waals surface area contributed by atoms with Crippen molar-refractivity contribution in [1.82, 2.24) is 9.78 Å². The Balaban J connectivity index is 3.25. The molecule has 0 aromatic carbocycles. The third-order valence-electron chi connectivity index (χ3n) is 1.85. The number of nitrogens with two attached hydrogens (primary N) is 1. The fraction of sp³-hybridized carbons (Fsp3) is 0.444. The Morgan fingerprint density at radius 2 is 2.06 bits per heavy atom. The van der Waals surface area contributed by atoms with Gasteiger partial charge in [-0.1, -0.05) is 23.8 Å². The standard InChI is InChI=1S/C9H11ClF3N3/c1-5(14)3-4-6-7(9(11,12)13)15-16(2)8(6)10/h3-5H,14H2,1-2H3/b4-3+. The molecule has 1 rings (SSSR count). The van der Waals surface area contributed by atoms with E-state index >= 15 is 0 Å². The molecule has 0 saturated carbocycles. The van der Waals surface area contributed by atoms with E-state index in [0.717, 1.165) is 4.68 Å². The molecule has 16 heavy (non-hydrogen) atoms. The Morgan fingerprint density at radius 1 is 1.50 bits per heavy atom. The number of hydrogen-bond acceptors (Lipinski definition) is 2. The zero-order valence-corrected chi connectivity index (χ0v) is 9.47. The molecule has 1 heterocycles. The number of alkyl halides is 3. The highest BCUT2D eigenvalue weighted by molar-refractivity contribution is 6.31. The molecule has 1 aromatic heterocycles. The van der Waals surface area contributed by atoms with Crippen molar-refractivity contribution in [3.8, 4) is 0 Å². The van der Waals surface area contributed by atoms with Gasteiger partial charge in [0.1, 0.15) is 5.15 Å². The second-order valence-corrected chi connectivity index (χ2v) is 3.75. The maximum Gasteiger partial charge on any atom is 0.435 e. The maximum absolute atomic E-state index is 12.6. The molecule has 0 amide bonds. The van der Waals surface area contributed by atoms with Crippen LogP contribution in [0.15, 0.2) is 6.08 Å². The lowest BCUT2D eigenvalue weighted by Gasteiger charge is -2.03. The van der Waals surface area contributed by atoms with Crippen LogP contribution in [0.25, 0.3) is 6.08 Å². The highest BCUT2D eigenvalue weighted by atomic mass is 35.5. The molecule has 0 saturated heterocycles. The second kappa shape index (κ2) is 4.47. The van der Waals surface area contributed by atoms with Gasteiger partial charge in [0.25, 0.3) is 0 Å². The molecule has 2 N–H and O–H groups in total. The summed E-state index contributed by atoms with van der Waals surface area (Å²) < 4.78 is 38.7. The van der Waals surface area contributed by atoms with Crippen LogP contribution in [0.2, 0.25) is 5.15 Å². The predicted octanol–water partition coefficient (Wildman–Crippen LogP) is 2.45. The normalized spacial score (nSPS) is 14.7. The van der Waals surface area contributed by atoms with Crippen LogP contribution in [0, 0.1) is 0 Å². The molecule has 0 aliphatic carbocycles. The number of hydrogen-bond donors (Lipinski definition) is 1. The Bertz CT molecular complexity index is 407. The summed E-state index contributed by atoms with van der Waals surface area (Å²) >= 11 is 5.71. The van der Waals surface area contributed by atoms with Gasteiger partial charge in [-0.15, -0.1) is 0 Å². The van der Waals surface area contributed by atoms with Crippen LogP contribution in [0.1, 0.15) is 18.2 Å². The van der Waals surface area contributed by atoms with Crippen molar-refractivity contribution in [2.45, 2.75) is 19.1 Å². The first-order valence-electron chi connectivity index (χ1n) is 4.47. The molecule has 1 unspecified atom stereocenters. The summed E-state index contributed by atoms with van der Waals surface area (Å²) in [6, 6.07) is -0.350. The van der Waals surface area contributed by atoms with Crippen molar-refractivity contribution in [3.63, 3.8) is 0 Å². The first-order chi connectivity index (χ1) is 7.23. The van der Waals surface area contributed by atoms with E-state index in [-0.39, 0.29) is 16.8 Å².